The fraction of sp³-hybridized carbons (Fsp3) is 0.643. The maximum Gasteiger partial charge on any atom is 0.514 e. The summed E-state index contributed by atoms with van der Waals surface area (Å²) in [5.74, 6) is 0. The minimum Gasteiger partial charge on any atom is -0.398 e. The Kier molecular flexibility index (Phi) is 4.18. The predicted molar refractivity (Wildman–Crippen MR) is 80.3 cm³/mol. The van der Waals surface area contributed by atoms with Crippen LogP contribution in [0, 0.1) is 0 Å². The summed E-state index contributed by atoms with van der Waals surface area (Å²) in [5, 5.41) is 10.0. The van der Waals surface area contributed by atoms with E-state index in [0.717, 1.165) is 0 Å². The molecule has 1 N–H and O–H groups in total. The molecule has 2 rings (SSSR count). The van der Waals surface area contributed by atoms with E-state index in [-0.39, 0.29) is 0 Å². The average Bonchev–Trinajstić information content (AvgIpc) is 2.50. The smallest absolute Gasteiger partial charge is 0.398 e. The van der Waals surface area contributed by atoms with Crippen LogP contribution >= 0.6 is 11.6 Å². The molecule has 1 atom stereocenters. The highest BCUT2D eigenvalue weighted by Gasteiger charge is 2.52. The van der Waals surface area contributed by atoms with E-state index in [9.17, 15) is 5.11 Å². The lowest BCUT2D eigenvalue weighted by atomic mass is 9.84. The molecule has 6 heteroatoms. The van der Waals surface area contributed by atoms with E-state index in [0.29, 0.717) is 22.7 Å². The second-order valence-corrected chi connectivity index (χ2v) is 6.71. The van der Waals surface area contributed by atoms with Crippen LogP contribution in [0.3, 0.4) is 0 Å². The molecule has 1 saturated heterocycles. The highest BCUT2D eigenvalue weighted by atomic mass is 35.5. The van der Waals surface area contributed by atoms with E-state index >= 15 is 0 Å². The van der Waals surface area contributed by atoms with Gasteiger partial charge in [0.05, 0.1) is 33.6 Å². The van der Waals surface area contributed by atoms with Gasteiger partial charge >= 0.3 is 7.12 Å². The van der Waals surface area contributed by atoms with Gasteiger partial charge < -0.3 is 14.4 Å². The molecule has 1 aliphatic heterocycles. The zero-order chi connectivity index (χ0) is 15.1. The molecule has 20 heavy (non-hydrogen) atoms. The minimum absolute atomic E-state index is 0.399. The van der Waals surface area contributed by atoms with Crippen LogP contribution in [-0.2, 0) is 15.7 Å². The molecule has 2 heterocycles. The maximum absolute atomic E-state index is 9.49. The number of rotatable bonds is 3. The van der Waals surface area contributed by atoms with Crippen LogP contribution in [0.2, 0.25) is 5.02 Å². The van der Waals surface area contributed by atoms with Crippen LogP contribution < -0.4 is 5.59 Å². The third-order valence-electron chi connectivity index (χ3n) is 3.92. The van der Waals surface area contributed by atoms with Gasteiger partial charge in [-0.15, -0.1) is 0 Å². The summed E-state index contributed by atoms with van der Waals surface area (Å²) in [7, 11) is -0.509. The molecule has 4 nitrogen and oxygen atoms in total. The number of halogens is 1. The standard InChI is InChI=1S/C14H21BClNO3/c1-9(18)8-11-10(16)6-7-12(17-11)15-19-13(2,3)14(4,5)20-15/h6-7,9,18H,8H2,1-5H3. The molecule has 110 valence electrons. The second-order valence-electron chi connectivity index (χ2n) is 6.31. The Bertz CT molecular complexity index is 489. The van der Waals surface area contributed by atoms with Crippen molar-refractivity contribution in [2.24, 2.45) is 0 Å². The summed E-state index contributed by atoms with van der Waals surface area (Å²) in [5.41, 5.74) is 0.546. The Hall–Kier alpha value is -0.615. The van der Waals surface area contributed by atoms with Gasteiger partial charge in [-0.3, -0.25) is 4.98 Å². The number of hydrogen-bond donors (Lipinski definition) is 1. The lowest BCUT2D eigenvalue weighted by molar-refractivity contribution is 0.00578. The predicted octanol–water partition coefficient (Wildman–Crippen LogP) is 1.96. The van der Waals surface area contributed by atoms with E-state index in [1.54, 1.807) is 19.1 Å². The third kappa shape index (κ3) is 3.01. The highest BCUT2D eigenvalue weighted by Crippen LogP contribution is 2.36. The maximum atomic E-state index is 9.49. The van der Waals surface area contributed by atoms with Crippen molar-refractivity contribution in [3.8, 4) is 0 Å². The van der Waals surface area contributed by atoms with Gasteiger partial charge in [0.2, 0.25) is 0 Å². The first-order valence-electron chi connectivity index (χ1n) is 6.81. The van der Waals surface area contributed by atoms with Crippen molar-refractivity contribution in [2.75, 3.05) is 0 Å². The number of aliphatic hydroxyl groups is 1. The van der Waals surface area contributed by atoms with E-state index in [2.05, 4.69) is 4.98 Å². The van der Waals surface area contributed by atoms with Crippen molar-refractivity contribution in [3.05, 3.63) is 22.8 Å². The average molecular weight is 298 g/mol. The van der Waals surface area contributed by atoms with E-state index in [1.165, 1.54) is 0 Å². The summed E-state index contributed by atoms with van der Waals surface area (Å²) in [4.78, 5) is 4.48. The summed E-state index contributed by atoms with van der Waals surface area (Å²) < 4.78 is 11.9. The van der Waals surface area contributed by atoms with Crippen molar-refractivity contribution in [2.45, 2.75) is 58.3 Å². The van der Waals surface area contributed by atoms with E-state index in [1.807, 2.05) is 27.7 Å². The molecular weight excluding hydrogens is 276 g/mol. The SMILES string of the molecule is CC(O)Cc1nc(B2OC(C)(C)C(C)(C)O2)ccc1Cl. The first-order valence-corrected chi connectivity index (χ1v) is 7.19. The normalized spacial score (nSPS) is 22.1. The summed E-state index contributed by atoms with van der Waals surface area (Å²) in [6.07, 6.45) is -0.0832. The molecular formula is C14H21BClNO3. The van der Waals surface area contributed by atoms with Gasteiger partial charge in [0.15, 0.2) is 0 Å². The molecule has 1 unspecified atom stereocenters. The molecule has 0 saturated carbocycles. The highest BCUT2D eigenvalue weighted by molar-refractivity contribution is 6.61. The second kappa shape index (κ2) is 5.30. The molecule has 1 aromatic heterocycles. The molecule has 0 spiro atoms. The monoisotopic (exact) mass is 297 g/mol. The van der Waals surface area contributed by atoms with Gasteiger partial charge in [-0.05, 0) is 46.8 Å². The lowest BCUT2D eigenvalue weighted by Crippen LogP contribution is -2.41. The Morgan fingerprint density at radius 1 is 1.25 bits per heavy atom. The van der Waals surface area contributed by atoms with Crippen LogP contribution in [0.4, 0.5) is 0 Å². The Morgan fingerprint density at radius 3 is 2.30 bits per heavy atom. The Balaban J connectivity index is 2.27. The van der Waals surface area contributed by atoms with Gasteiger partial charge in [0, 0.05) is 6.42 Å². The number of aliphatic hydroxyl groups excluding tert-OH is 1. The zero-order valence-corrected chi connectivity index (χ0v) is 13.4. The Morgan fingerprint density at radius 2 is 1.80 bits per heavy atom. The number of aromatic nitrogens is 1. The fourth-order valence-corrected chi connectivity index (χ4v) is 2.20. The van der Waals surface area contributed by atoms with Crippen LogP contribution in [-0.4, -0.2) is 34.5 Å². The topological polar surface area (TPSA) is 51.6 Å². The van der Waals surface area contributed by atoms with Gasteiger partial charge in [-0.25, -0.2) is 0 Å². The van der Waals surface area contributed by atoms with Gasteiger partial charge in [-0.1, -0.05) is 11.6 Å². The zero-order valence-electron chi connectivity index (χ0n) is 12.6. The summed E-state index contributed by atoms with van der Waals surface area (Å²) >= 11 is 6.10. The number of nitrogens with zero attached hydrogens (tertiary/aromatic N) is 1. The van der Waals surface area contributed by atoms with Crippen LogP contribution in [0.1, 0.15) is 40.3 Å². The largest absolute Gasteiger partial charge is 0.514 e. The first kappa shape index (κ1) is 15.8. The van der Waals surface area contributed by atoms with E-state index in [4.69, 9.17) is 20.9 Å². The van der Waals surface area contributed by atoms with Crippen molar-refractivity contribution in [1.29, 1.82) is 0 Å². The lowest BCUT2D eigenvalue weighted by Gasteiger charge is -2.32. The van der Waals surface area contributed by atoms with Crippen LogP contribution in [0.15, 0.2) is 12.1 Å². The summed E-state index contributed by atoms with van der Waals surface area (Å²) in [6.45, 7) is 9.71. The molecule has 1 aromatic rings. The first-order chi connectivity index (χ1) is 9.12. The Labute approximate surface area is 125 Å². The van der Waals surface area contributed by atoms with Gasteiger partial charge in [-0.2, -0.15) is 0 Å². The van der Waals surface area contributed by atoms with Crippen molar-refractivity contribution in [1.82, 2.24) is 4.98 Å². The minimum atomic E-state index is -0.509. The molecule has 1 aliphatic rings. The van der Waals surface area contributed by atoms with Crippen LogP contribution in [0.5, 0.6) is 0 Å². The molecule has 0 radical (unpaired) electrons. The number of hydrogen-bond acceptors (Lipinski definition) is 4. The van der Waals surface area contributed by atoms with Crippen LogP contribution in [0.25, 0.3) is 0 Å². The molecule has 0 aliphatic carbocycles. The van der Waals surface area contributed by atoms with Crippen molar-refractivity contribution < 1.29 is 14.4 Å². The van der Waals surface area contributed by atoms with Gasteiger partial charge in [0.25, 0.3) is 0 Å². The molecule has 1 fully saturated rings. The third-order valence-corrected chi connectivity index (χ3v) is 4.27. The van der Waals surface area contributed by atoms with Crippen molar-refractivity contribution >= 4 is 24.3 Å². The molecule has 0 bridgehead atoms. The molecule has 0 aromatic carbocycles. The molecule has 0 amide bonds. The number of pyridine rings is 1. The quantitative estimate of drug-likeness (QED) is 0.867. The van der Waals surface area contributed by atoms with Crippen molar-refractivity contribution in [3.63, 3.8) is 0 Å². The van der Waals surface area contributed by atoms with E-state index < -0.39 is 24.4 Å². The fourth-order valence-electron chi connectivity index (χ4n) is 2.02. The summed E-state index contributed by atoms with van der Waals surface area (Å²) in [6, 6.07) is 3.57. The van der Waals surface area contributed by atoms with Gasteiger partial charge in [0.1, 0.15) is 0 Å².